The maximum atomic E-state index is 13.5. The third-order valence-electron chi connectivity index (χ3n) is 5.45. The van der Waals surface area contributed by atoms with Crippen molar-refractivity contribution in [2.45, 2.75) is 18.6 Å². The Bertz CT molecular complexity index is 1210. The number of nitrogens with one attached hydrogen (secondary N) is 1. The van der Waals surface area contributed by atoms with Gasteiger partial charge in [-0.1, -0.05) is 82.5 Å². The molecule has 2 unspecified atom stereocenters. The van der Waals surface area contributed by atoms with Crippen LogP contribution in [0.25, 0.3) is 0 Å². The van der Waals surface area contributed by atoms with Gasteiger partial charge in [-0.3, -0.25) is 4.79 Å². The molecule has 3 aromatic carbocycles. The van der Waals surface area contributed by atoms with Gasteiger partial charge in [0.2, 0.25) is 5.54 Å². The zero-order chi connectivity index (χ0) is 23.6. The molecule has 0 aromatic heterocycles. The summed E-state index contributed by atoms with van der Waals surface area (Å²) in [5, 5.41) is 7.54. The lowest BCUT2D eigenvalue weighted by Crippen LogP contribution is -2.62. The lowest BCUT2D eigenvalue weighted by Gasteiger charge is -2.33. The molecule has 8 heteroatoms. The summed E-state index contributed by atoms with van der Waals surface area (Å²) < 4.78 is 5.18. The number of hydrogen-bond acceptors (Lipinski definition) is 5. The number of benzene rings is 3. The molecule has 33 heavy (non-hydrogen) atoms. The Hall–Kier alpha value is -3.35. The predicted octanol–water partition coefficient (Wildman–Crippen LogP) is 5.12. The Balaban J connectivity index is 1.93. The number of aryl methyl sites for hydroxylation is 1. The smallest absolute Gasteiger partial charge is 0.342 e. The van der Waals surface area contributed by atoms with Crippen molar-refractivity contribution < 1.29 is 19.2 Å². The highest BCUT2D eigenvalue weighted by Gasteiger charge is 2.60. The van der Waals surface area contributed by atoms with Crippen LogP contribution in [0.5, 0.6) is 0 Å². The molecule has 1 aliphatic rings. The van der Waals surface area contributed by atoms with Crippen molar-refractivity contribution in [1.29, 1.82) is 0 Å². The van der Waals surface area contributed by atoms with Crippen molar-refractivity contribution in [3.05, 3.63) is 105 Å². The molecule has 0 bridgehead atoms. The Labute approximate surface area is 201 Å². The summed E-state index contributed by atoms with van der Waals surface area (Å²) in [6.07, 6.45) is -1.03. The summed E-state index contributed by atoms with van der Waals surface area (Å²) in [6.45, 7) is 1.94. The second kappa shape index (κ2) is 9.25. The van der Waals surface area contributed by atoms with Crippen molar-refractivity contribution in [2.24, 2.45) is 5.16 Å². The fourth-order valence-electron chi connectivity index (χ4n) is 3.78. The number of methoxy groups -OCH3 is 1. The topological polar surface area (TPSA) is 77.0 Å². The first-order valence-electron chi connectivity index (χ1n) is 10.1. The molecule has 2 atom stereocenters. The van der Waals surface area contributed by atoms with Gasteiger partial charge in [0.15, 0.2) is 6.10 Å². The number of nitrogens with zero attached hydrogens (tertiary/aromatic N) is 1. The van der Waals surface area contributed by atoms with E-state index in [2.05, 4.69) is 10.5 Å². The minimum atomic E-state index is -1.86. The maximum Gasteiger partial charge on any atom is 0.342 e. The summed E-state index contributed by atoms with van der Waals surface area (Å²) in [5.74, 6) is -1.29. The molecule has 0 aliphatic carbocycles. The van der Waals surface area contributed by atoms with Crippen molar-refractivity contribution in [2.75, 3.05) is 7.11 Å². The highest BCUT2D eigenvalue weighted by molar-refractivity contribution is 6.42. The molecule has 0 saturated heterocycles. The number of rotatable bonds is 5. The van der Waals surface area contributed by atoms with E-state index in [0.29, 0.717) is 11.1 Å². The zero-order valence-corrected chi connectivity index (χ0v) is 19.4. The van der Waals surface area contributed by atoms with E-state index >= 15 is 0 Å². The van der Waals surface area contributed by atoms with Crippen LogP contribution in [0.2, 0.25) is 10.0 Å². The summed E-state index contributed by atoms with van der Waals surface area (Å²) >= 11 is 12.9. The highest BCUT2D eigenvalue weighted by atomic mass is 35.5. The minimum Gasteiger partial charge on any atom is -0.467 e. The van der Waals surface area contributed by atoms with Gasteiger partial charge in [-0.25, -0.2) is 4.79 Å². The SMILES string of the molecule is COC(=O)C1(NC(=O)c2ccccc2)C(c2c(Cl)cccc2Cl)=NOC1c1ccc(C)cc1. The van der Waals surface area contributed by atoms with Crippen LogP contribution in [0.4, 0.5) is 0 Å². The van der Waals surface area contributed by atoms with E-state index in [4.69, 9.17) is 32.8 Å². The van der Waals surface area contributed by atoms with Gasteiger partial charge in [-0.15, -0.1) is 0 Å². The van der Waals surface area contributed by atoms with E-state index in [1.54, 1.807) is 60.7 Å². The van der Waals surface area contributed by atoms with Gasteiger partial charge in [-0.05, 0) is 36.8 Å². The molecular weight excluding hydrogens is 463 g/mol. The summed E-state index contributed by atoms with van der Waals surface area (Å²) in [4.78, 5) is 32.6. The lowest BCUT2D eigenvalue weighted by atomic mass is 9.80. The molecule has 4 rings (SSSR count). The second-order valence-corrected chi connectivity index (χ2v) is 8.37. The zero-order valence-electron chi connectivity index (χ0n) is 17.8. The van der Waals surface area contributed by atoms with Gasteiger partial charge in [-0.2, -0.15) is 0 Å². The third kappa shape index (κ3) is 4.08. The van der Waals surface area contributed by atoms with Crippen LogP contribution in [0.1, 0.15) is 33.2 Å². The molecule has 0 radical (unpaired) electrons. The van der Waals surface area contributed by atoms with Crippen LogP contribution < -0.4 is 5.32 Å². The number of oxime groups is 1. The van der Waals surface area contributed by atoms with Gasteiger partial charge in [0.25, 0.3) is 5.91 Å². The molecule has 1 N–H and O–H groups in total. The Morgan fingerprint density at radius 3 is 2.21 bits per heavy atom. The second-order valence-electron chi connectivity index (χ2n) is 7.55. The lowest BCUT2D eigenvalue weighted by molar-refractivity contribution is -0.149. The van der Waals surface area contributed by atoms with E-state index in [-0.39, 0.29) is 21.3 Å². The summed E-state index contributed by atoms with van der Waals surface area (Å²) in [7, 11) is 1.23. The van der Waals surface area contributed by atoms with Crippen LogP contribution in [0.15, 0.2) is 78.0 Å². The molecule has 3 aromatic rings. The maximum absolute atomic E-state index is 13.5. The Kier molecular flexibility index (Phi) is 6.40. The number of carbonyl (C=O) groups is 2. The van der Waals surface area contributed by atoms with Crippen molar-refractivity contribution in [3.63, 3.8) is 0 Å². The first-order valence-corrected chi connectivity index (χ1v) is 10.8. The summed E-state index contributed by atoms with van der Waals surface area (Å²) in [6, 6.07) is 20.8. The highest BCUT2D eigenvalue weighted by Crippen LogP contribution is 2.42. The molecule has 1 amide bonds. The van der Waals surface area contributed by atoms with E-state index in [9.17, 15) is 9.59 Å². The fourth-order valence-corrected chi connectivity index (χ4v) is 4.36. The number of esters is 1. The average molecular weight is 483 g/mol. The van der Waals surface area contributed by atoms with Gasteiger partial charge in [0.1, 0.15) is 5.71 Å². The minimum absolute atomic E-state index is 0.0554. The van der Waals surface area contributed by atoms with Crippen molar-refractivity contribution in [3.8, 4) is 0 Å². The molecule has 0 spiro atoms. The van der Waals surface area contributed by atoms with Crippen LogP contribution in [0.3, 0.4) is 0 Å². The molecule has 1 aliphatic heterocycles. The third-order valence-corrected chi connectivity index (χ3v) is 6.08. The number of amides is 1. The average Bonchev–Trinajstić information content (AvgIpc) is 3.19. The molecule has 1 heterocycles. The normalized spacial score (nSPS) is 19.4. The van der Waals surface area contributed by atoms with Crippen LogP contribution >= 0.6 is 23.2 Å². The van der Waals surface area contributed by atoms with E-state index < -0.39 is 23.5 Å². The largest absolute Gasteiger partial charge is 0.467 e. The van der Waals surface area contributed by atoms with Crippen molar-refractivity contribution >= 4 is 40.8 Å². The van der Waals surface area contributed by atoms with Crippen LogP contribution in [-0.2, 0) is 14.4 Å². The predicted molar refractivity (Wildman–Crippen MR) is 127 cm³/mol. The van der Waals surface area contributed by atoms with Gasteiger partial charge in [0, 0.05) is 11.1 Å². The van der Waals surface area contributed by atoms with Crippen LogP contribution in [-0.4, -0.2) is 30.2 Å². The van der Waals surface area contributed by atoms with Gasteiger partial charge in [0.05, 0.1) is 17.2 Å². The van der Waals surface area contributed by atoms with E-state index in [1.165, 1.54) is 7.11 Å². The monoisotopic (exact) mass is 482 g/mol. The molecule has 0 saturated carbocycles. The number of halogens is 2. The quantitative estimate of drug-likeness (QED) is 0.512. The number of ether oxygens (including phenoxy) is 1. The van der Waals surface area contributed by atoms with E-state index in [0.717, 1.165) is 5.56 Å². The van der Waals surface area contributed by atoms with Crippen LogP contribution in [0, 0.1) is 6.92 Å². The number of carbonyl (C=O) groups excluding carboxylic acids is 2. The first-order chi connectivity index (χ1) is 15.9. The van der Waals surface area contributed by atoms with Gasteiger partial charge >= 0.3 is 5.97 Å². The Morgan fingerprint density at radius 2 is 1.61 bits per heavy atom. The first kappa shape index (κ1) is 22.8. The molecule has 6 nitrogen and oxygen atoms in total. The van der Waals surface area contributed by atoms with E-state index in [1.807, 2.05) is 19.1 Å². The molecule has 0 fully saturated rings. The number of hydrogen-bond donors (Lipinski definition) is 1. The molecular formula is C25H20Cl2N2O4. The van der Waals surface area contributed by atoms with Gasteiger partial charge < -0.3 is 14.9 Å². The standard InChI is InChI=1S/C25H20Cl2N2O4/c1-15-11-13-16(14-12-15)22-25(24(31)32-2,28-23(30)17-7-4-3-5-8-17)21(29-33-22)20-18(26)9-6-10-19(20)27/h3-14,22H,1-2H3,(H,28,30). The Morgan fingerprint density at radius 1 is 0.970 bits per heavy atom. The van der Waals surface area contributed by atoms with Crippen molar-refractivity contribution in [1.82, 2.24) is 5.32 Å². The summed E-state index contributed by atoms with van der Waals surface area (Å²) in [5.41, 5.74) is 0.449. The fraction of sp³-hybridized carbons (Fsp3) is 0.160. The molecule has 168 valence electrons.